The Morgan fingerprint density at radius 2 is 2.05 bits per heavy atom. The summed E-state index contributed by atoms with van der Waals surface area (Å²) in [4.78, 5) is 11.1. The first-order chi connectivity index (χ1) is 9.66. The third-order valence-electron chi connectivity index (χ3n) is 3.89. The summed E-state index contributed by atoms with van der Waals surface area (Å²) in [6.07, 6.45) is 2.80. The van der Waals surface area contributed by atoms with Gasteiger partial charge in [0.25, 0.3) is 0 Å². The van der Waals surface area contributed by atoms with Gasteiger partial charge < -0.3 is 19.7 Å². The number of hydrogen-bond donors (Lipinski definition) is 2. The zero-order chi connectivity index (χ0) is 14.1. The topological polar surface area (TPSA) is 76.0 Å². The fourth-order valence-electron chi connectivity index (χ4n) is 2.80. The molecule has 1 aliphatic carbocycles. The maximum atomic E-state index is 11.1. The summed E-state index contributed by atoms with van der Waals surface area (Å²) in [5.74, 6) is 0.493. The van der Waals surface area contributed by atoms with E-state index in [1.807, 2.05) is 0 Å². The predicted octanol–water partition coefficient (Wildman–Crippen LogP) is 2.52. The number of aliphatic carboxylic acids is 1. The maximum absolute atomic E-state index is 11.1. The van der Waals surface area contributed by atoms with Gasteiger partial charge in [0, 0.05) is 17.9 Å². The lowest BCUT2D eigenvalue weighted by Crippen LogP contribution is -2.11. The molecule has 20 heavy (non-hydrogen) atoms. The second-order valence-electron chi connectivity index (χ2n) is 5.42. The minimum absolute atomic E-state index is 0.0119. The smallest absolute Gasteiger partial charge is 0.303 e. The summed E-state index contributed by atoms with van der Waals surface area (Å²) in [6.45, 7) is 1.10. The number of phenolic OH excluding ortho intramolecular Hbond substituents is 1. The Kier molecular flexibility index (Phi) is 3.42. The van der Waals surface area contributed by atoms with Crippen molar-refractivity contribution in [2.45, 2.75) is 31.6 Å². The van der Waals surface area contributed by atoms with Crippen molar-refractivity contribution in [3.05, 3.63) is 17.7 Å². The second-order valence-corrected chi connectivity index (χ2v) is 5.42. The highest BCUT2D eigenvalue weighted by atomic mass is 16.5. The summed E-state index contributed by atoms with van der Waals surface area (Å²) in [6, 6.07) is 3.25. The number of benzene rings is 1. The summed E-state index contributed by atoms with van der Waals surface area (Å²) >= 11 is 0. The quantitative estimate of drug-likeness (QED) is 0.885. The standard InChI is InChI=1S/C15H18O5/c16-11-4-5-12-15(20-7-1-6-19-12)14(11)10(8-13(17)18)9-2-3-9/h4-5,9-10,16H,1-3,6-8H2,(H,17,18). The van der Waals surface area contributed by atoms with E-state index in [0.717, 1.165) is 19.3 Å². The first-order valence-electron chi connectivity index (χ1n) is 7.00. The molecule has 1 saturated carbocycles. The molecule has 0 bridgehead atoms. The summed E-state index contributed by atoms with van der Waals surface area (Å²) in [5, 5.41) is 19.3. The zero-order valence-corrected chi connectivity index (χ0v) is 11.2. The van der Waals surface area contributed by atoms with E-state index >= 15 is 0 Å². The lowest BCUT2D eigenvalue weighted by Gasteiger charge is -2.21. The van der Waals surface area contributed by atoms with Crippen molar-refractivity contribution in [3.8, 4) is 17.2 Å². The van der Waals surface area contributed by atoms with Crippen molar-refractivity contribution >= 4 is 5.97 Å². The van der Waals surface area contributed by atoms with Crippen molar-refractivity contribution in [1.82, 2.24) is 0 Å². The highest BCUT2D eigenvalue weighted by Crippen LogP contribution is 2.52. The number of ether oxygens (including phenoxy) is 2. The van der Waals surface area contributed by atoms with Gasteiger partial charge in [-0.25, -0.2) is 0 Å². The van der Waals surface area contributed by atoms with Crippen LogP contribution < -0.4 is 9.47 Å². The first kappa shape index (κ1) is 13.1. The highest BCUT2D eigenvalue weighted by molar-refractivity contribution is 5.69. The van der Waals surface area contributed by atoms with Crippen LogP contribution in [0.5, 0.6) is 17.2 Å². The highest BCUT2D eigenvalue weighted by Gasteiger charge is 2.38. The molecule has 0 spiro atoms. The van der Waals surface area contributed by atoms with Crippen molar-refractivity contribution in [3.63, 3.8) is 0 Å². The minimum Gasteiger partial charge on any atom is -0.508 e. The SMILES string of the molecule is O=C(O)CC(c1c(O)ccc2c1OCCCO2)C1CC1. The van der Waals surface area contributed by atoms with Crippen LogP contribution in [0.4, 0.5) is 0 Å². The number of carboxylic acid groups (broad SMARTS) is 1. The Bertz CT molecular complexity index is 521. The Hall–Kier alpha value is -1.91. The fraction of sp³-hybridized carbons (Fsp3) is 0.533. The van der Waals surface area contributed by atoms with Crippen LogP contribution in [0, 0.1) is 5.92 Å². The van der Waals surface area contributed by atoms with Gasteiger partial charge in [0.15, 0.2) is 11.5 Å². The number of carboxylic acids is 1. The number of fused-ring (bicyclic) bond motifs is 1. The van der Waals surface area contributed by atoms with Gasteiger partial charge >= 0.3 is 5.97 Å². The van der Waals surface area contributed by atoms with E-state index < -0.39 is 5.97 Å². The fourth-order valence-corrected chi connectivity index (χ4v) is 2.80. The van der Waals surface area contributed by atoms with Gasteiger partial charge in [0.2, 0.25) is 0 Å². The van der Waals surface area contributed by atoms with E-state index in [-0.39, 0.29) is 18.1 Å². The van der Waals surface area contributed by atoms with E-state index in [4.69, 9.17) is 14.6 Å². The third-order valence-corrected chi connectivity index (χ3v) is 3.89. The molecule has 1 unspecified atom stereocenters. The summed E-state index contributed by atoms with van der Waals surface area (Å²) < 4.78 is 11.3. The van der Waals surface area contributed by atoms with E-state index in [0.29, 0.717) is 36.2 Å². The van der Waals surface area contributed by atoms with Crippen molar-refractivity contribution < 1.29 is 24.5 Å². The van der Waals surface area contributed by atoms with Crippen LogP contribution >= 0.6 is 0 Å². The second kappa shape index (κ2) is 5.23. The normalized spacial score (nSPS) is 19.2. The minimum atomic E-state index is -0.853. The maximum Gasteiger partial charge on any atom is 0.303 e. The van der Waals surface area contributed by atoms with Gasteiger partial charge in [-0.15, -0.1) is 0 Å². The first-order valence-corrected chi connectivity index (χ1v) is 7.00. The van der Waals surface area contributed by atoms with E-state index in [1.165, 1.54) is 0 Å². The molecule has 1 fully saturated rings. The van der Waals surface area contributed by atoms with E-state index in [9.17, 15) is 9.90 Å². The van der Waals surface area contributed by atoms with E-state index in [2.05, 4.69) is 0 Å². The molecule has 5 heteroatoms. The number of carbonyl (C=O) groups is 1. The molecule has 1 aromatic carbocycles. The molecular weight excluding hydrogens is 260 g/mol. The van der Waals surface area contributed by atoms with Crippen molar-refractivity contribution in [2.24, 2.45) is 5.92 Å². The van der Waals surface area contributed by atoms with Crippen LogP contribution in [0.15, 0.2) is 12.1 Å². The molecule has 0 saturated heterocycles. The van der Waals surface area contributed by atoms with Gasteiger partial charge in [-0.05, 0) is 30.9 Å². The molecule has 1 aromatic rings. The molecule has 0 radical (unpaired) electrons. The van der Waals surface area contributed by atoms with Crippen LogP contribution in [0.3, 0.4) is 0 Å². The van der Waals surface area contributed by atoms with Gasteiger partial charge in [-0.3, -0.25) is 4.79 Å². The molecule has 1 heterocycles. The monoisotopic (exact) mass is 278 g/mol. The average molecular weight is 278 g/mol. The number of phenols is 1. The van der Waals surface area contributed by atoms with E-state index in [1.54, 1.807) is 12.1 Å². The number of hydrogen-bond acceptors (Lipinski definition) is 4. The van der Waals surface area contributed by atoms with Gasteiger partial charge in [0.05, 0.1) is 19.6 Å². The van der Waals surface area contributed by atoms with Gasteiger partial charge in [0.1, 0.15) is 5.75 Å². The number of aromatic hydroxyl groups is 1. The lowest BCUT2D eigenvalue weighted by atomic mass is 9.89. The third kappa shape index (κ3) is 2.53. The average Bonchev–Trinajstić information content (AvgIpc) is 3.23. The Morgan fingerprint density at radius 3 is 2.75 bits per heavy atom. The number of rotatable bonds is 4. The molecule has 2 aliphatic rings. The van der Waals surface area contributed by atoms with Gasteiger partial charge in [-0.2, -0.15) is 0 Å². The summed E-state index contributed by atoms with van der Waals surface area (Å²) in [7, 11) is 0. The molecule has 0 amide bonds. The molecule has 108 valence electrons. The zero-order valence-electron chi connectivity index (χ0n) is 11.2. The molecular formula is C15H18O5. The molecule has 3 rings (SSSR count). The molecule has 1 aliphatic heterocycles. The van der Waals surface area contributed by atoms with Crippen LogP contribution in [0.2, 0.25) is 0 Å². The molecule has 1 atom stereocenters. The Morgan fingerprint density at radius 1 is 1.30 bits per heavy atom. The van der Waals surface area contributed by atoms with Crippen LogP contribution in [0.25, 0.3) is 0 Å². The molecule has 0 aromatic heterocycles. The lowest BCUT2D eigenvalue weighted by molar-refractivity contribution is -0.137. The van der Waals surface area contributed by atoms with Gasteiger partial charge in [-0.1, -0.05) is 0 Å². The van der Waals surface area contributed by atoms with Crippen LogP contribution in [0.1, 0.15) is 37.2 Å². The summed E-state index contributed by atoms with van der Waals surface area (Å²) in [5.41, 5.74) is 0.606. The van der Waals surface area contributed by atoms with Crippen molar-refractivity contribution in [2.75, 3.05) is 13.2 Å². The van der Waals surface area contributed by atoms with Crippen LogP contribution in [-0.4, -0.2) is 29.4 Å². The molecule has 5 nitrogen and oxygen atoms in total. The largest absolute Gasteiger partial charge is 0.508 e. The Balaban J connectivity index is 2.03. The molecule has 2 N–H and O–H groups in total. The van der Waals surface area contributed by atoms with Crippen molar-refractivity contribution in [1.29, 1.82) is 0 Å². The Labute approximate surface area is 117 Å². The van der Waals surface area contributed by atoms with Crippen LogP contribution in [-0.2, 0) is 4.79 Å². The predicted molar refractivity (Wildman–Crippen MR) is 71.4 cm³/mol.